The number of hydrogen-bond donors (Lipinski definition) is 1. The summed E-state index contributed by atoms with van der Waals surface area (Å²) in [5.41, 5.74) is -2.07. The molecule has 0 fully saturated rings. The van der Waals surface area contributed by atoms with Gasteiger partial charge in [0, 0.05) is 10.6 Å². The number of alkyl halides is 3. The Morgan fingerprint density at radius 2 is 1.65 bits per heavy atom. The zero-order valence-electron chi connectivity index (χ0n) is 16.4. The number of likely N-dealkylation sites (N-methyl/N-ethyl adjacent to an activating group) is 1. The number of benzene rings is 2. The van der Waals surface area contributed by atoms with Crippen molar-refractivity contribution in [3.8, 4) is 11.5 Å². The molecule has 1 aromatic heterocycles. The molecule has 3 rings (SSSR count). The van der Waals surface area contributed by atoms with E-state index in [-0.39, 0.29) is 11.5 Å². The van der Waals surface area contributed by atoms with Crippen molar-refractivity contribution >= 4 is 17.6 Å². The molecule has 1 heterocycles. The van der Waals surface area contributed by atoms with Gasteiger partial charge in [0.25, 0.3) is 0 Å². The Morgan fingerprint density at radius 3 is 2.13 bits per heavy atom. The summed E-state index contributed by atoms with van der Waals surface area (Å²) in [4.78, 5) is 26.1. The van der Waals surface area contributed by atoms with Crippen molar-refractivity contribution in [2.24, 2.45) is 0 Å². The molecule has 0 spiro atoms. The normalized spacial score (nSPS) is 13.9. The zero-order chi connectivity index (χ0) is 23.0. The van der Waals surface area contributed by atoms with Gasteiger partial charge in [0.2, 0.25) is 5.89 Å². The second kappa shape index (κ2) is 8.20. The fourth-order valence-corrected chi connectivity index (χ4v) is 3.27. The van der Waals surface area contributed by atoms with E-state index in [1.54, 1.807) is 0 Å². The van der Waals surface area contributed by atoms with Crippen LogP contribution < -0.4 is 5.76 Å². The van der Waals surface area contributed by atoms with Crippen molar-refractivity contribution in [3.05, 3.63) is 75.2 Å². The Morgan fingerprint density at radius 1 is 1.10 bits per heavy atom. The lowest BCUT2D eigenvalue weighted by molar-refractivity contribution is -0.152. The highest BCUT2D eigenvalue weighted by molar-refractivity contribution is 6.30. The van der Waals surface area contributed by atoms with Crippen molar-refractivity contribution in [2.75, 3.05) is 14.1 Å². The fraction of sp³-hybridized carbons (Fsp3) is 0.250. The van der Waals surface area contributed by atoms with Gasteiger partial charge in [-0.2, -0.15) is 17.9 Å². The van der Waals surface area contributed by atoms with Crippen LogP contribution in [-0.4, -0.2) is 39.9 Å². The van der Waals surface area contributed by atoms with Crippen LogP contribution in [0.25, 0.3) is 11.5 Å². The van der Waals surface area contributed by atoms with E-state index in [1.165, 1.54) is 43.3 Å². The maximum absolute atomic E-state index is 12.8. The average molecular weight is 456 g/mol. The Bertz CT molecular complexity index is 1140. The molecule has 1 N–H and O–H groups in total. The monoisotopic (exact) mass is 455 g/mol. The molecule has 1 unspecified atom stereocenters. The highest BCUT2D eigenvalue weighted by Gasteiger charge is 2.44. The summed E-state index contributed by atoms with van der Waals surface area (Å²) in [6.07, 6.45) is -4.51. The molecule has 7 nitrogen and oxygen atoms in total. The topological polar surface area (TPSA) is 88.6 Å². The first-order valence-electron chi connectivity index (χ1n) is 8.87. The van der Waals surface area contributed by atoms with Gasteiger partial charge in [-0.05, 0) is 56.1 Å². The lowest BCUT2D eigenvalue weighted by atomic mass is 9.88. The van der Waals surface area contributed by atoms with Gasteiger partial charge in [-0.3, -0.25) is 4.90 Å². The summed E-state index contributed by atoms with van der Waals surface area (Å²) in [6.45, 7) is -0.417. The molecule has 2 aromatic carbocycles. The predicted molar refractivity (Wildman–Crippen MR) is 106 cm³/mol. The minimum Gasteiger partial charge on any atom is -0.480 e. The van der Waals surface area contributed by atoms with Crippen LogP contribution in [0.4, 0.5) is 13.2 Å². The quantitative estimate of drug-likeness (QED) is 0.609. The number of hydrogen-bond acceptors (Lipinski definition) is 5. The van der Waals surface area contributed by atoms with E-state index in [2.05, 4.69) is 5.10 Å². The molecule has 0 saturated heterocycles. The number of carbonyl (C=O) groups is 1. The fourth-order valence-electron chi connectivity index (χ4n) is 3.14. The summed E-state index contributed by atoms with van der Waals surface area (Å²) in [7, 11) is 3.06. The Kier molecular flexibility index (Phi) is 5.97. The van der Waals surface area contributed by atoms with Crippen LogP contribution in [0.3, 0.4) is 0 Å². The van der Waals surface area contributed by atoms with Gasteiger partial charge >= 0.3 is 17.9 Å². The third kappa shape index (κ3) is 4.35. The molecule has 0 aliphatic carbocycles. The number of carboxylic acids is 1. The van der Waals surface area contributed by atoms with Gasteiger partial charge in [0.1, 0.15) is 0 Å². The van der Waals surface area contributed by atoms with E-state index < -0.39 is 35.5 Å². The number of rotatable bonds is 6. The molecule has 3 aromatic rings. The molecule has 11 heteroatoms. The number of aliphatic carboxylic acids is 1. The highest BCUT2D eigenvalue weighted by atomic mass is 35.5. The second-order valence-electron chi connectivity index (χ2n) is 6.97. The van der Waals surface area contributed by atoms with Crippen LogP contribution in [0.1, 0.15) is 11.1 Å². The maximum Gasteiger partial charge on any atom is 0.437 e. The van der Waals surface area contributed by atoms with Crippen molar-refractivity contribution < 1.29 is 27.5 Å². The zero-order valence-corrected chi connectivity index (χ0v) is 17.1. The van der Waals surface area contributed by atoms with Crippen LogP contribution >= 0.6 is 11.6 Å². The molecular weight excluding hydrogens is 439 g/mol. The number of halogens is 4. The van der Waals surface area contributed by atoms with Crippen LogP contribution in [0.5, 0.6) is 0 Å². The van der Waals surface area contributed by atoms with Crippen molar-refractivity contribution in [2.45, 2.75) is 18.3 Å². The molecule has 0 aliphatic heterocycles. The Balaban J connectivity index is 2.02. The van der Waals surface area contributed by atoms with Gasteiger partial charge in [-0.25, -0.2) is 9.59 Å². The van der Waals surface area contributed by atoms with Gasteiger partial charge in [-0.1, -0.05) is 23.7 Å². The molecule has 1 atom stereocenters. The van der Waals surface area contributed by atoms with Gasteiger partial charge in [0.05, 0.1) is 12.1 Å². The minimum absolute atomic E-state index is 0.140. The van der Waals surface area contributed by atoms with Gasteiger partial charge in [0.15, 0.2) is 5.54 Å². The SMILES string of the molecule is CN(C)C(Cn1nc(-c2ccc(C(F)(F)F)cc2)oc1=O)(C(=O)O)c1ccc(Cl)cc1. The van der Waals surface area contributed by atoms with Crippen LogP contribution in [0.2, 0.25) is 5.02 Å². The summed E-state index contributed by atoms with van der Waals surface area (Å²) in [5, 5.41) is 14.5. The molecule has 0 saturated carbocycles. The molecule has 0 radical (unpaired) electrons. The molecule has 0 bridgehead atoms. The lowest BCUT2D eigenvalue weighted by Gasteiger charge is -2.35. The van der Waals surface area contributed by atoms with Crippen LogP contribution in [-0.2, 0) is 23.1 Å². The summed E-state index contributed by atoms with van der Waals surface area (Å²) < 4.78 is 44.2. The molecular formula is C20H17ClF3N3O4. The first-order chi connectivity index (χ1) is 14.4. The molecule has 0 aliphatic rings. The highest BCUT2D eigenvalue weighted by Crippen LogP contribution is 2.32. The van der Waals surface area contributed by atoms with E-state index >= 15 is 0 Å². The van der Waals surface area contributed by atoms with Gasteiger partial charge in [-0.15, -0.1) is 5.10 Å². The molecule has 0 amide bonds. The average Bonchev–Trinajstić information content (AvgIpc) is 3.06. The van der Waals surface area contributed by atoms with E-state index in [0.29, 0.717) is 10.6 Å². The van der Waals surface area contributed by atoms with E-state index in [4.69, 9.17) is 16.0 Å². The first-order valence-corrected chi connectivity index (χ1v) is 9.25. The van der Waals surface area contributed by atoms with E-state index in [0.717, 1.165) is 28.9 Å². The van der Waals surface area contributed by atoms with Crippen LogP contribution in [0, 0.1) is 0 Å². The smallest absolute Gasteiger partial charge is 0.437 e. The van der Waals surface area contributed by atoms with E-state index in [1.807, 2.05) is 0 Å². The number of carboxylic acid groups (broad SMARTS) is 1. The standard InChI is InChI=1S/C20H17ClF3N3O4/c1-26(2)19(17(28)29,13-7-9-15(21)10-8-13)11-27-18(30)31-16(25-27)12-3-5-14(6-4-12)20(22,23)24/h3-10H,11H2,1-2H3,(H,28,29). The third-order valence-corrected chi connectivity index (χ3v) is 5.14. The molecule has 164 valence electrons. The predicted octanol–water partition coefficient (Wildman–Crippen LogP) is 3.72. The first kappa shape index (κ1) is 22.6. The summed E-state index contributed by atoms with van der Waals surface area (Å²) in [6, 6.07) is 10.0. The van der Waals surface area contributed by atoms with Crippen molar-refractivity contribution in [3.63, 3.8) is 0 Å². The molecule has 31 heavy (non-hydrogen) atoms. The Hall–Kier alpha value is -3.11. The minimum atomic E-state index is -4.51. The largest absolute Gasteiger partial charge is 0.480 e. The lowest BCUT2D eigenvalue weighted by Crippen LogP contribution is -2.52. The number of nitrogens with zero attached hydrogens (tertiary/aromatic N) is 3. The Labute approximate surface area is 179 Å². The maximum atomic E-state index is 12.8. The van der Waals surface area contributed by atoms with Crippen LogP contribution in [0.15, 0.2) is 57.7 Å². The van der Waals surface area contributed by atoms with Crippen molar-refractivity contribution in [1.29, 1.82) is 0 Å². The summed E-state index contributed by atoms with van der Waals surface area (Å²) in [5.74, 6) is -2.42. The van der Waals surface area contributed by atoms with E-state index in [9.17, 15) is 27.9 Å². The van der Waals surface area contributed by atoms with Gasteiger partial charge < -0.3 is 9.52 Å². The number of aromatic nitrogens is 2. The summed E-state index contributed by atoms with van der Waals surface area (Å²) >= 11 is 5.90. The van der Waals surface area contributed by atoms with Crippen molar-refractivity contribution in [1.82, 2.24) is 14.7 Å². The second-order valence-corrected chi connectivity index (χ2v) is 7.41. The third-order valence-electron chi connectivity index (χ3n) is 4.88.